The molecule has 12 nitrogen and oxygen atoms in total. The highest BCUT2D eigenvalue weighted by atomic mass is 31.2. The van der Waals surface area contributed by atoms with Gasteiger partial charge >= 0.3 is 11.9 Å². The van der Waals surface area contributed by atoms with Gasteiger partial charge in [-0.3, -0.25) is 18.7 Å². The van der Waals surface area contributed by atoms with Gasteiger partial charge in [0, 0.05) is 39.5 Å². The molecule has 2 amide bonds. The molecule has 28 heavy (non-hydrogen) atoms. The van der Waals surface area contributed by atoms with E-state index in [0.717, 1.165) is 26.3 Å². The van der Waals surface area contributed by atoms with E-state index in [0.29, 0.717) is 0 Å². The Kier molecular flexibility index (Phi) is 12.6. The van der Waals surface area contributed by atoms with Crippen molar-refractivity contribution in [3.63, 3.8) is 0 Å². The summed E-state index contributed by atoms with van der Waals surface area (Å²) < 4.78 is 21.7. The zero-order valence-corrected chi connectivity index (χ0v) is 17.7. The summed E-state index contributed by atoms with van der Waals surface area (Å²) in [6.45, 7) is 4.61. The molecule has 6 N–H and O–H groups in total. The van der Waals surface area contributed by atoms with Crippen LogP contribution >= 0.6 is 14.7 Å². The lowest BCUT2D eigenvalue weighted by Gasteiger charge is -2.13. The predicted molar refractivity (Wildman–Crippen MR) is 101 cm³/mol. The lowest BCUT2D eigenvalue weighted by Crippen LogP contribution is -2.40. The Labute approximate surface area is 161 Å². The van der Waals surface area contributed by atoms with Gasteiger partial charge in [-0.05, 0) is 12.5 Å². The first-order valence-corrected chi connectivity index (χ1v) is 12.3. The Balaban J connectivity index is 0. The summed E-state index contributed by atoms with van der Waals surface area (Å²) in [6, 6.07) is -1.09. The van der Waals surface area contributed by atoms with Gasteiger partial charge in [-0.1, -0.05) is 0 Å². The molecular formula is C14H26N2O10P2. The number of nitrogens with one attached hydrogen (secondary N) is 2. The molecule has 0 aromatic heterocycles. The topological polar surface area (TPSA) is 207 Å². The predicted octanol–water partition coefficient (Wildman–Crippen LogP) is -0.143. The van der Waals surface area contributed by atoms with E-state index in [-0.39, 0.29) is 24.4 Å². The number of carboxylic acid groups (broad SMARTS) is 2. The Morgan fingerprint density at radius 2 is 1.46 bits per heavy atom. The molecule has 0 aliphatic carbocycles. The van der Waals surface area contributed by atoms with Crippen molar-refractivity contribution in [1.29, 1.82) is 0 Å². The van der Waals surface area contributed by atoms with Crippen molar-refractivity contribution in [2.75, 3.05) is 25.7 Å². The fourth-order valence-electron chi connectivity index (χ4n) is 1.51. The van der Waals surface area contributed by atoms with Gasteiger partial charge < -0.3 is 30.6 Å². The summed E-state index contributed by atoms with van der Waals surface area (Å²) in [7, 11) is -6.51. The number of allylic oxidation sites excluding steroid dienone is 1. The van der Waals surface area contributed by atoms with E-state index in [4.69, 9.17) is 20.0 Å². The smallest absolute Gasteiger partial charge is 0.352 e. The van der Waals surface area contributed by atoms with Gasteiger partial charge in [0.1, 0.15) is 11.7 Å². The maximum absolute atomic E-state index is 10.9. The van der Waals surface area contributed by atoms with Crippen molar-refractivity contribution in [3.05, 3.63) is 11.8 Å². The average Bonchev–Trinajstić information content (AvgIpc) is 2.45. The first-order valence-electron chi connectivity index (χ1n) is 7.74. The molecule has 0 bridgehead atoms. The number of carbonyl (C=O) groups is 4. The van der Waals surface area contributed by atoms with Gasteiger partial charge in [-0.15, -0.1) is 0 Å². The minimum Gasteiger partial charge on any atom is -0.480 e. The van der Waals surface area contributed by atoms with Crippen LogP contribution in [0.4, 0.5) is 0 Å². The van der Waals surface area contributed by atoms with E-state index >= 15 is 0 Å². The fraction of sp³-hybridized carbons (Fsp3) is 0.571. The third kappa shape index (κ3) is 18.8. The molecule has 14 heteroatoms. The molecule has 3 atom stereocenters. The lowest BCUT2D eigenvalue weighted by atomic mass is 10.2. The van der Waals surface area contributed by atoms with Crippen LogP contribution in [0.5, 0.6) is 0 Å². The zero-order chi connectivity index (χ0) is 22.7. The second-order valence-corrected chi connectivity index (χ2v) is 11.0. The van der Waals surface area contributed by atoms with Crippen LogP contribution in [0.25, 0.3) is 0 Å². The molecule has 0 saturated heterocycles. The van der Waals surface area contributed by atoms with Crippen LogP contribution in [0.15, 0.2) is 11.8 Å². The molecule has 0 heterocycles. The van der Waals surface area contributed by atoms with Gasteiger partial charge in [-0.25, -0.2) is 9.59 Å². The molecule has 0 aliphatic heterocycles. The summed E-state index contributed by atoms with van der Waals surface area (Å²) in [6.07, 6.45) is 0.572. The van der Waals surface area contributed by atoms with E-state index in [1.807, 2.05) is 5.32 Å². The second-order valence-electron chi connectivity index (χ2n) is 5.99. The highest BCUT2D eigenvalue weighted by Crippen LogP contribution is 2.36. The van der Waals surface area contributed by atoms with E-state index in [1.165, 1.54) is 6.92 Å². The van der Waals surface area contributed by atoms with E-state index in [1.54, 1.807) is 0 Å². The van der Waals surface area contributed by atoms with Crippen LogP contribution in [0.2, 0.25) is 0 Å². The van der Waals surface area contributed by atoms with Gasteiger partial charge in [-0.2, -0.15) is 0 Å². The highest BCUT2D eigenvalue weighted by Gasteiger charge is 2.21. The highest BCUT2D eigenvalue weighted by molar-refractivity contribution is 7.57. The minimum atomic E-state index is -3.29. The molecule has 0 aromatic rings. The van der Waals surface area contributed by atoms with Crippen LogP contribution in [-0.2, 0) is 28.3 Å². The standard InChI is InChI=1S/C7H14NO5P.C7H12NO5P/c2*1-5(9)8-6(7(10)11)3-4-14(2,12)13/h6H,3-4H2,1-2H3,(H,8,9)(H,10,11)(H,12,13);3H,4H2,1-2H3,(H,8,9)(H,10,11)(H,12,13)/b;6-3-/t6-;/m0./s1. The van der Waals surface area contributed by atoms with Crippen molar-refractivity contribution < 1.29 is 48.3 Å². The van der Waals surface area contributed by atoms with E-state index in [9.17, 15) is 28.3 Å². The summed E-state index contributed by atoms with van der Waals surface area (Å²) in [5.74, 6) is -3.55. The zero-order valence-electron chi connectivity index (χ0n) is 15.9. The number of carbonyl (C=O) groups excluding carboxylic acids is 2. The third-order valence-electron chi connectivity index (χ3n) is 2.68. The largest absolute Gasteiger partial charge is 0.480 e. The quantitative estimate of drug-likeness (QED) is 0.205. The summed E-state index contributed by atoms with van der Waals surface area (Å²) in [5, 5.41) is 21.4. The monoisotopic (exact) mass is 444 g/mol. The maximum Gasteiger partial charge on any atom is 0.352 e. The molecule has 0 aromatic carbocycles. The van der Waals surface area contributed by atoms with Crippen molar-refractivity contribution in [2.45, 2.75) is 26.3 Å². The normalized spacial score (nSPS) is 16.3. The van der Waals surface area contributed by atoms with E-state index < -0.39 is 44.5 Å². The molecule has 0 radical (unpaired) electrons. The number of carboxylic acids is 2. The Bertz CT molecular complexity index is 707. The first kappa shape index (κ1) is 28.2. The Morgan fingerprint density at radius 3 is 1.75 bits per heavy atom. The van der Waals surface area contributed by atoms with Gasteiger partial charge in [0.25, 0.3) is 0 Å². The summed E-state index contributed by atoms with van der Waals surface area (Å²) in [4.78, 5) is 60.0. The molecule has 162 valence electrons. The van der Waals surface area contributed by atoms with Gasteiger partial charge in [0.15, 0.2) is 7.37 Å². The molecule has 0 aliphatic rings. The SMILES string of the molecule is CC(=O)N/C(=C\CP(C)(=O)O)C(=O)O.CC(=O)N[C@@H](CCP(C)(=O)O)C(=O)O. The van der Waals surface area contributed by atoms with Crippen molar-refractivity contribution in [2.24, 2.45) is 0 Å². The summed E-state index contributed by atoms with van der Waals surface area (Å²) >= 11 is 0. The third-order valence-corrected chi connectivity index (χ3v) is 4.63. The number of hydrogen-bond acceptors (Lipinski definition) is 6. The van der Waals surface area contributed by atoms with Crippen LogP contribution < -0.4 is 10.6 Å². The first-order chi connectivity index (χ1) is 12.4. The maximum atomic E-state index is 10.9. The second kappa shape index (κ2) is 12.5. The molecule has 0 rings (SSSR count). The van der Waals surface area contributed by atoms with E-state index in [2.05, 4.69) is 5.32 Å². The average molecular weight is 444 g/mol. The van der Waals surface area contributed by atoms with Crippen molar-refractivity contribution in [1.82, 2.24) is 10.6 Å². The minimum absolute atomic E-state index is 0.0425. The Morgan fingerprint density at radius 1 is 0.964 bits per heavy atom. The molecule has 0 saturated carbocycles. The molecule has 0 fully saturated rings. The lowest BCUT2D eigenvalue weighted by molar-refractivity contribution is -0.141. The number of aliphatic carboxylic acids is 2. The van der Waals surface area contributed by atoms with Crippen LogP contribution in [-0.4, -0.2) is 75.4 Å². The van der Waals surface area contributed by atoms with Crippen LogP contribution in [0.1, 0.15) is 20.3 Å². The number of amides is 2. The number of rotatable bonds is 9. The summed E-state index contributed by atoms with van der Waals surface area (Å²) in [5.41, 5.74) is -0.381. The van der Waals surface area contributed by atoms with Gasteiger partial charge in [0.05, 0.1) is 0 Å². The molecule has 0 spiro atoms. The Hall–Kier alpha value is -2.00. The van der Waals surface area contributed by atoms with Crippen molar-refractivity contribution >= 4 is 38.5 Å². The van der Waals surface area contributed by atoms with Crippen LogP contribution in [0.3, 0.4) is 0 Å². The van der Waals surface area contributed by atoms with Gasteiger partial charge in [0.2, 0.25) is 19.2 Å². The fourth-order valence-corrected chi connectivity index (χ4v) is 2.77. The number of hydrogen-bond donors (Lipinski definition) is 6. The van der Waals surface area contributed by atoms with Crippen molar-refractivity contribution in [3.8, 4) is 0 Å². The van der Waals surface area contributed by atoms with Crippen LogP contribution in [0, 0.1) is 0 Å². The molecule has 2 unspecified atom stereocenters. The molecular weight excluding hydrogens is 418 g/mol.